The molecule has 0 saturated carbocycles. The molecule has 3 aromatic rings. The summed E-state index contributed by atoms with van der Waals surface area (Å²) < 4.78 is 8.61. The van der Waals surface area contributed by atoms with Gasteiger partial charge in [-0.05, 0) is 37.1 Å². The van der Waals surface area contributed by atoms with E-state index in [0.29, 0.717) is 36.0 Å². The van der Waals surface area contributed by atoms with Gasteiger partial charge in [-0.15, -0.1) is 0 Å². The standard InChI is InChI=1S/C20H21ClN2O2S/c1-3-25-12-11-23-19-14(2)16(21)9-10-17(19)26-20(23)22-18(24)13-15-7-5-4-6-8-15/h4-10H,3,11-13H2,1-2H3. The number of amides is 1. The Bertz CT molecular complexity index is 977. The summed E-state index contributed by atoms with van der Waals surface area (Å²) in [5.74, 6) is -0.156. The third-order valence-corrected chi connectivity index (χ3v) is 5.56. The lowest BCUT2D eigenvalue weighted by atomic mass is 10.1. The van der Waals surface area contributed by atoms with Crippen LogP contribution in [0.3, 0.4) is 0 Å². The molecule has 4 nitrogen and oxygen atoms in total. The van der Waals surface area contributed by atoms with Crippen LogP contribution in [0.1, 0.15) is 18.1 Å². The molecule has 0 bridgehead atoms. The van der Waals surface area contributed by atoms with Gasteiger partial charge in [0.25, 0.3) is 5.91 Å². The molecule has 0 spiro atoms. The van der Waals surface area contributed by atoms with E-state index in [4.69, 9.17) is 16.3 Å². The number of aryl methyl sites for hydroxylation is 1. The topological polar surface area (TPSA) is 43.6 Å². The van der Waals surface area contributed by atoms with Crippen molar-refractivity contribution in [1.82, 2.24) is 4.57 Å². The molecule has 2 aromatic carbocycles. The fourth-order valence-corrected chi connectivity index (χ4v) is 4.11. The molecule has 0 fully saturated rings. The highest BCUT2D eigenvalue weighted by molar-refractivity contribution is 7.16. The van der Waals surface area contributed by atoms with E-state index in [1.807, 2.05) is 60.9 Å². The number of fused-ring (bicyclic) bond motifs is 1. The Hall–Kier alpha value is -1.95. The van der Waals surface area contributed by atoms with Gasteiger partial charge in [-0.2, -0.15) is 4.99 Å². The van der Waals surface area contributed by atoms with Crippen LogP contribution in [0.5, 0.6) is 0 Å². The summed E-state index contributed by atoms with van der Waals surface area (Å²) in [5, 5.41) is 0.711. The van der Waals surface area contributed by atoms with Crippen molar-refractivity contribution in [3.63, 3.8) is 0 Å². The lowest BCUT2D eigenvalue weighted by molar-refractivity contribution is -0.117. The van der Waals surface area contributed by atoms with Crippen molar-refractivity contribution < 1.29 is 9.53 Å². The summed E-state index contributed by atoms with van der Waals surface area (Å²) in [4.78, 5) is 17.5. The van der Waals surface area contributed by atoms with Crippen molar-refractivity contribution in [2.45, 2.75) is 26.8 Å². The molecule has 0 unspecified atom stereocenters. The molecule has 26 heavy (non-hydrogen) atoms. The maximum absolute atomic E-state index is 12.5. The Morgan fingerprint density at radius 1 is 1.23 bits per heavy atom. The number of thiazole rings is 1. The zero-order valence-corrected chi connectivity index (χ0v) is 16.4. The number of ether oxygens (including phenoxy) is 1. The van der Waals surface area contributed by atoms with Gasteiger partial charge in [0, 0.05) is 18.2 Å². The van der Waals surface area contributed by atoms with Gasteiger partial charge in [0.15, 0.2) is 4.80 Å². The average Bonchev–Trinajstić information content (AvgIpc) is 2.97. The van der Waals surface area contributed by atoms with E-state index < -0.39 is 0 Å². The Kier molecular flexibility index (Phi) is 6.25. The van der Waals surface area contributed by atoms with Crippen molar-refractivity contribution >= 4 is 39.1 Å². The SMILES string of the molecule is CCOCCn1c(=NC(=O)Cc2ccccc2)sc2ccc(Cl)c(C)c21. The monoisotopic (exact) mass is 388 g/mol. The summed E-state index contributed by atoms with van der Waals surface area (Å²) >= 11 is 7.81. The molecule has 0 aliphatic carbocycles. The van der Waals surface area contributed by atoms with Crippen LogP contribution in [0, 0.1) is 6.92 Å². The quantitative estimate of drug-likeness (QED) is 0.588. The van der Waals surface area contributed by atoms with Crippen molar-refractivity contribution in [1.29, 1.82) is 0 Å². The van der Waals surface area contributed by atoms with E-state index in [1.165, 1.54) is 11.3 Å². The van der Waals surface area contributed by atoms with Crippen LogP contribution in [-0.4, -0.2) is 23.7 Å². The molecular weight excluding hydrogens is 368 g/mol. The largest absolute Gasteiger partial charge is 0.380 e. The number of aromatic nitrogens is 1. The highest BCUT2D eigenvalue weighted by Crippen LogP contribution is 2.27. The number of halogens is 1. The summed E-state index contributed by atoms with van der Waals surface area (Å²) in [6.45, 7) is 5.81. The molecule has 1 heterocycles. The van der Waals surface area contributed by atoms with Gasteiger partial charge in [0.05, 0.1) is 23.2 Å². The molecule has 1 aromatic heterocycles. The molecule has 3 rings (SSSR count). The van der Waals surface area contributed by atoms with Gasteiger partial charge in [0.2, 0.25) is 0 Å². The smallest absolute Gasteiger partial charge is 0.252 e. The van der Waals surface area contributed by atoms with Gasteiger partial charge in [0.1, 0.15) is 0 Å². The Morgan fingerprint density at radius 3 is 2.73 bits per heavy atom. The summed E-state index contributed by atoms with van der Waals surface area (Å²) in [7, 11) is 0. The van der Waals surface area contributed by atoms with Crippen LogP contribution in [0.2, 0.25) is 5.02 Å². The third-order valence-electron chi connectivity index (χ3n) is 4.11. The van der Waals surface area contributed by atoms with Crippen LogP contribution in [0.25, 0.3) is 10.2 Å². The Labute approximate surface area is 161 Å². The number of hydrogen-bond donors (Lipinski definition) is 0. The van der Waals surface area contributed by atoms with E-state index in [2.05, 4.69) is 4.99 Å². The number of benzene rings is 2. The number of rotatable bonds is 6. The highest BCUT2D eigenvalue weighted by Gasteiger charge is 2.12. The van der Waals surface area contributed by atoms with Crippen LogP contribution in [0.4, 0.5) is 0 Å². The Balaban J connectivity index is 2.01. The second kappa shape index (κ2) is 8.62. The lowest BCUT2D eigenvalue weighted by Crippen LogP contribution is -2.20. The molecule has 0 N–H and O–H groups in total. The molecule has 0 saturated heterocycles. The first-order chi connectivity index (χ1) is 12.6. The first-order valence-corrected chi connectivity index (χ1v) is 9.77. The van der Waals surface area contributed by atoms with Crippen LogP contribution >= 0.6 is 22.9 Å². The molecule has 1 amide bonds. The normalized spacial score (nSPS) is 12.0. The second-order valence-corrected chi connectivity index (χ2v) is 7.34. The predicted octanol–water partition coefficient (Wildman–Crippen LogP) is 4.37. The highest BCUT2D eigenvalue weighted by atomic mass is 35.5. The predicted molar refractivity (Wildman–Crippen MR) is 107 cm³/mol. The number of carbonyl (C=O) groups is 1. The van der Waals surface area contributed by atoms with Gasteiger partial charge >= 0.3 is 0 Å². The van der Waals surface area contributed by atoms with Gasteiger partial charge in [-0.1, -0.05) is 53.3 Å². The van der Waals surface area contributed by atoms with Gasteiger partial charge in [-0.3, -0.25) is 4.79 Å². The minimum atomic E-state index is -0.156. The van der Waals surface area contributed by atoms with E-state index in [1.54, 1.807) is 0 Å². The zero-order valence-electron chi connectivity index (χ0n) is 14.9. The fourth-order valence-electron chi connectivity index (χ4n) is 2.83. The average molecular weight is 389 g/mol. The van der Waals surface area contributed by atoms with E-state index in [9.17, 15) is 4.79 Å². The van der Waals surface area contributed by atoms with Gasteiger partial charge in [-0.25, -0.2) is 0 Å². The second-order valence-electron chi connectivity index (χ2n) is 5.92. The van der Waals surface area contributed by atoms with Gasteiger partial charge < -0.3 is 9.30 Å². The van der Waals surface area contributed by atoms with Crippen molar-refractivity contribution in [2.24, 2.45) is 4.99 Å². The molecule has 0 radical (unpaired) electrons. The minimum absolute atomic E-state index is 0.156. The minimum Gasteiger partial charge on any atom is -0.380 e. The molecule has 0 aliphatic rings. The van der Waals surface area contributed by atoms with Crippen molar-refractivity contribution in [3.05, 3.63) is 63.4 Å². The summed E-state index contributed by atoms with van der Waals surface area (Å²) in [6.07, 6.45) is 0.292. The van der Waals surface area contributed by atoms with E-state index >= 15 is 0 Å². The number of hydrogen-bond acceptors (Lipinski definition) is 3. The first-order valence-electron chi connectivity index (χ1n) is 8.57. The zero-order chi connectivity index (χ0) is 18.5. The number of nitrogens with zero attached hydrogens (tertiary/aromatic N) is 2. The molecular formula is C20H21ClN2O2S. The van der Waals surface area contributed by atoms with E-state index in [-0.39, 0.29) is 5.91 Å². The maximum Gasteiger partial charge on any atom is 0.252 e. The summed E-state index contributed by atoms with van der Waals surface area (Å²) in [6, 6.07) is 13.5. The van der Waals surface area contributed by atoms with Crippen molar-refractivity contribution in [2.75, 3.05) is 13.2 Å². The van der Waals surface area contributed by atoms with E-state index in [0.717, 1.165) is 21.3 Å². The third kappa shape index (κ3) is 4.23. The molecule has 6 heteroatoms. The van der Waals surface area contributed by atoms with Crippen LogP contribution in [-0.2, 0) is 22.5 Å². The molecule has 0 aliphatic heterocycles. The van der Waals surface area contributed by atoms with Crippen molar-refractivity contribution in [3.8, 4) is 0 Å². The first kappa shape index (κ1) is 18.8. The maximum atomic E-state index is 12.5. The number of carbonyl (C=O) groups excluding carboxylic acids is 1. The van der Waals surface area contributed by atoms with Crippen LogP contribution < -0.4 is 4.80 Å². The molecule has 136 valence electrons. The van der Waals surface area contributed by atoms with Crippen LogP contribution in [0.15, 0.2) is 47.5 Å². The fraction of sp³-hybridized carbons (Fsp3) is 0.300. The lowest BCUT2D eigenvalue weighted by Gasteiger charge is -2.08. The Morgan fingerprint density at radius 2 is 2.00 bits per heavy atom. The molecule has 0 atom stereocenters. The summed E-state index contributed by atoms with van der Waals surface area (Å²) in [5.41, 5.74) is 2.98.